The molecule has 1 aliphatic heterocycles. The highest BCUT2D eigenvalue weighted by Gasteiger charge is 2.37. The Balaban J connectivity index is 2.74. The third-order valence-electron chi connectivity index (χ3n) is 5.26. The fourth-order valence-corrected chi connectivity index (χ4v) is 3.92. The molecule has 0 spiro atoms. The molecule has 0 radical (unpaired) electrons. The Morgan fingerprint density at radius 3 is 1.97 bits per heavy atom. The van der Waals surface area contributed by atoms with Crippen LogP contribution in [0, 0.1) is 0 Å². The Morgan fingerprint density at radius 1 is 0.853 bits per heavy atom. The highest BCUT2D eigenvalue weighted by atomic mass is 32.1. The van der Waals surface area contributed by atoms with Crippen LogP contribution in [0.25, 0.3) is 0 Å². The second-order valence-corrected chi connectivity index (χ2v) is 8.67. The summed E-state index contributed by atoms with van der Waals surface area (Å²) >= 11 is 8.08. The zero-order chi connectivity index (χ0) is 26.0. The van der Waals surface area contributed by atoms with Crippen molar-refractivity contribution in [3.05, 3.63) is 0 Å². The second kappa shape index (κ2) is 14.0. The molecule has 0 aliphatic carbocycles. The maximum Gasteiger partial charge on any atom is 0.245 e. The van der Waals surface area contributed by atoms with Crippen molar-refractivity contribution in [3.63, 3.8) is 0 Å². The highest BCUT2D eigenvalue weighted by Crippen LogP contribution is 2.19. The van der Waals surface area contributed by atoms with Gasteiger partial charge in [-0.15, -0.1) is 0 Å². The molecule has 1 rings (SSSR count). The van der Waals surface area contributed by atoms with Crippen LogP contribution in [0.2, 0.25) is 0 Å². The molecule has 5 atom stereocenters. The van der Waals surface area contributed by atoms with Crippen molar-refractivity contribution in [1.82, 2.24) is 31.5 Å². The van der Waals surface area contributed by atoms with Crippen LogP contribution in [-0.4, -0.2) is 95.7 Å². The van der Waals surface area contributed by atoms with Gasteiger partial charge in [0.2, 0.25) is 35.4 Å². The molecule has 0 aromatic carbocycles. The van der Waals surface area contributed by atoms with Gasteiger partial charge < -0.3 is 31.5 Å². The number of likely N-dealkylation sites (N-methyl/N-ethyl adjacent to an activating group) is 1. The first-order valence-corrected chi connectivity index (χ1v) is 12.1. The minimum Gasteiger partial charge on any atom is -0.357 e. The van der Waals surface area contributed by atoms with E-state index in [0.29, 0.717) is 19.4 Å². The van der Waals surface area contributed by atoms with Crippen LogP contribution in [0.5, 0.6) is 0 Å². The number of carbonyl (C=O) groups is 6. The number of hydrogen-bond acceptors (Lipinski definition) is 8. The van der Waals surface area contributed by atoms with Gasteiger partial charge in [0.05, 0.1) is 0 Å². The van der Waals surface area contributed by atoms with Crippen molar-refractivity contribution >= 4 is 60.7 Å². The predicted octanol–water partition coefficient (Wildman–Crippen LogP) is -2.42. The van der Waals surface area contributed by atoms with Crippen LogP contribution in [0.15, 0.2) is 0 Å². The van der Waals surface area contributed by atoms with Crippen molar-refractivity contribution in [2.24, 2.45) is 0 Å². The van der Waals surface area contributed by atoms with E-state index in [0.717, 1.165) is 0 Å². The van der Waals surface area contributed by atoms with E-state index in [1.165, 1.54) is 32.7 Å². The molecule has 0 saturated carbocycles. The van der Waals surface area contributed by atoms with Crippen molar-refractivity contribution in [3.8, 4) is 0 Å². The third-order valence-corrected chi connectivity index (χ3v) is 5.99. The molecule has 0 unspecified atom stereocenters. The van der Waals surface area contributed by atoms with Gasteiger partial charge in [-0.25, -0.2) is 0 Å². The summed E-state index contributed by atoms with van der Waals surface area (Å²) in [4.78, 5) is 74.8. The quantitative estimate of drug-likeness (QED) is 0.150. The number of carbonyl (C=O) groups excluding carboxylic acids is 6. The van der Waals surface area contributed by atoms with E-state index in [1.807, 2.05) is 0 Å². The van der Waals surface area contributed by atoms with Crippen molar-refractivity contribution in [2.45, 2.75) is 63.8 Å². The van der Waals surface area contributed by atoms with E-state index in [1.54, 1.807) is 0 Å². The lowest BCUT2D eigenvalue weighted by atomic mass is 10.1. The fourth-order valence-electron chi connectivity index (χ4n) is 3.41. The van der Waals surface area contributed by atoms with E-state index in [2.05, 4.69) is 51.8 Å². The van der Waals surface area contributed by atoms with Gasteiger partial charge in [-0.05, 0) is 26.7 Å². The molecule has 12 nitrogen and oxygen atoms in total. The van der Waals surface area contributed by atoms with Gasteiger partial charge in [-0.1, -0.05) is 0 Å². The summed E-state index contributed by atoms with van der Waals surface area (Å²) in [5.41, 5.74) is 0. The van der Waals surface area contributed by atoms with Gasteiger partial charge in [0.25, 0.3) is 0 Å². The first-order chi connectivity index (χ1) is 16.0. The van der Waals surface area contributed by atoms with E-state index in [-0.39, 0.29) is 11.5 Å². The van der Waals surface area contributed by atoms with Crippen LogP contribution in [0.4, 0.5) is 0 Å². The summed E-state index contributed by atoms with van der Waals surface area (Å²) in [7, 11) is 1.43. The first kappa shape index (κ1) is 29.6. The van der Waals surface area contributed by atoms with Crippen LogP contribution >= 0.6 is 25.3 Å². The van der Waals surface area contributed by atoms with Crippen LogP contribution in [0.1, 0.15) is 33.6 Å². The Kier molecular flexibility index (Phi) is 12.2. The predicted molar refractivity (Wildman–Crippen MR) is 131 cm³/mol. The maximum atomic E-state index is 12.9. The van der Waals surface area contributed by atoms with Crippen molar-refractivity contribution in [2.75, 3.05) is 25.1 Å². The van der Waals surface area contributed by atoms with Crippen LogP contribution < -0.4 is 26.6 Å². The summed E-state index contributed by atoms with van der Waals surface area (Å²) < 4.78 is 0. The lowest BCUT2D eigenvalue weighted by molar-refractivity contribution is -0.142. The van der Waals surface area contributed by atoms with Gasteiger partial charge in [-0.2, -0.15) is 25.3 Å². The molecule has 0 aromatic rings. The largest absolute Gasteiger partial charge is 0.357 e. The molecule has 6 amide bonds. The number of hydrogen-bond donors (Lipinski definition) is 7. The maximum absolute atomic E-state index is 12.9. The Labute approximate surface area is 209 Å². The molecule has 192 valence electrons. The van der Waals surface area contributed by atoms with E-state index in [4.69, 9.17) is 0 Å². The molecule has 1 heterocycles. The molecule has 0 aromatic heterocycles. The number of nitrogens with zero attached hydrogens (tertiary/aromatic N) is 1. The minimum atomic E-state index is -0.956. The van der Waals surface area contributed by atoms with Crippen LogP contribution in [0.3, 0.4) is 0 Å². The van der Waals surface area contributed by atoms with Gasteiger partial charge >= 0.3 is 0 Å². The summed E-state index contributed by atoms with van der Waals surface area (Å²) in [6.07, 6.45) is 0.976. The number of likely N-dealkylation sites (tertiary alicyclic amines) is 1. The average Bonchev–Trinajstić information content (AvgIpc) is 3.29. The van der Waals surface area contributed by atoms with Gasteiger partial charge in [-0.3, -0.25) is 28.8 Å². The zero-order valence-corrected chi connectivity index (χ0v) is 21.5. The molecular weight excluding hydrogens is 484 g/mol. The normalized spacial score (nSPS) is 18.6. The molecule has 1 fully saturated rings. The second-order valence-electron chi connectivity index (χ2n) is 7.94. The number of amides is 6. The third kappa shape index (κ3) is 8.38. The Hall–Kier alpha value is -2.48. The van der Waals surface area contributed by atoms with Gasteiger partial charge in [0, 0.05) is 32.0 Å². The molecule has 34 heavy (non-hydrogen) atoms. The number of nitrogens with one attached hydrogen (secondary N) is 5. The molecule has 1 saturated heterocycles. The summed E-state index contributed by atoms with van der Waals surface area (Å²) in [5, 5.41) is 12.5. The highest BCUT2D eigenvalue weighted by molar-refractivity contribution is 7.80. The Bertz CT molecular complexity index is 798. The topological polar surface area (TPSA) is 166 Å². The lowest BCUT2D eigenvalue weighted by Crippen LogP contribution is -2.58. The van der Waals surface area contributed by atoms with Gasteiger partial charge in [0.15, 0.2) is 0 Å². The summed E-state index contributed by atoms with van der Waals surface area (Å²) in [6.45, 7) is 4.54. The number of thiol groups is 2. The molecule has 5 N–H and O–H groups in total. The smallest absolute Gasteiger partial charge is 0.245 e. The zero-order valence-electron chi connectivity index (χ0n) is 19.7. The molecule has 0 bridgehead atoms. The lowest BCUT2D eigenvalue weighted by Gasteiger charge is -2.29. The summed E-state index contributed by atoms with van der Waals surface area (Å²) in [6, 6.07) is -4.46. The van der Waals surface area contributed by atoms with E-state index >= 15 is 0 Å². The van der Waals surface area contributed by atoms with Crippen LogP contribution in [-0.2, 0) is 28.8 Å². The standard InChI is InChI=1S/C20H34N6O6S2/c1-10(16(28)25-13(8-33)17(29)21-4)22-19(31)15-6-5-7-26(15)20(32)11(2)23-18(30)14(9-34)24-12(3)27/h10-11,13-15,33-34H,5-9H2,1-4H3,(H,21,29)(H,22,31)(H,23,30)(H,24,27)(H,25,28)/t10-,11-,13-,14-,15-/m0/s1. The van der Waals surface area contributed by atoms with Crippen molar-refractivity contribution in [1.29, 1.82) is 0 Å². The monoisotopic (exact) mass is 518 g/mol. The minimum absolute atomic E-state index is 0.0506. The SMILES string of the molecule is CNC(=O)[C@H](CS)NC(=O)[C@H](C)NC(=O)[C@@H]1CCCN1C(=O)[C@H](C)NC(=O)[C@H](CS)NC(C)=O. The van der Waals surface area contributed by atoms with Gasteiger partial charge in [0.1, 0.15) is 30.2 Å². The molecular formula is C20H34N6O6S2. The summed E-state index contributed by atoms with van der Waals surface area (Å²) in [5.74, 6) is -2.79. The Morgan fingerprint density at radius 2 is 1.44 bits per heavy atom. The van der Waals surface area contributed by atoms with E-state index < -0.39 is 65.7 Å². The van der Waals surface area contributed by atoms with Crippen molar-refractivity contribution < 1.29 is 28.8 Å². The number of rotatable bonds is 11. The average molecular weight is 519 g/mol. The fraction of sp³-hybridized carbons (Fsp3) is 0.700. The molecule has 14 heteroatoms. The molecule has 1 aliphatic rings. The van der Waals surface area contributed by atoms with E-state index in [9.17, 15) is 28.8 Å². The first-order valence-electron chi connectivity index (χ1n) is 10.9.